The molecule has 0 N–H and O–H groups in total. The third-order valence-electron chi connectivity index (χ3n) is 2.41. The predicted octanol–water partition coefficient (Wildman–Crippen LogP) is 3.95. The first-order valence-electron chi connectivity index (χ1n) is 5.52. The van der Waals surface area contributed by atoms with Crippen LogP contribution in [0, 0.1) is 6.92 Å². The molecule has 0 radical (unpaired) electrons. The number of carbonyl (C=O) groups excluding carboxylic acids is 1. The summed E-state index contributed by atoms with van der Waals surface area (Å²) in [4.78, 5) is 12.8. The van der Waals surface area contributed by atoms with Crippen LogP contribution in [0.15, 0.2) is 52.0 Å². The maximum Gasteiger partial charge on any atom is 0.198 e. The molecule has 0 bridgehead atoms. The van der Waals surface area contributed by atoms with Crippen LogP contribution >= 0.6 is 11.8 Å². The van der Waals surface area contributed by atoms with Crippen LogP contribution in [0.25, 0.3) is 0 Å². The van der Waals surface area contributed by atoms with Crippen LogP contribution in [0.5, 0.6) is 0 Å². The van der Waals surface area contributed by atoms with Crippen molar-refractivity contribution < 1.29 is 9.21 Å². The lowest BCUT2D eigenvalue weighted by Crippen LogP contribution is -1.98. The van der Waals surface area contributed by atoms with Gasteiger partial charge in [0.1, 0.15) is 0 Å². The van der Waals surface area contributed by atoms with Crippen LogP contribution in [0.1, 0.15) is 22.5 Å². The van der Waals surface area contributed by atoms with Gasteiger partial charge in [-0.05, 0) is 31.2 Å². The second-order valence-electron chi connectivity index (χ2n) is 3.81. The molecule has 0 saturated heterocycles. The largest absolute Gasteiger partial charge is 0.461 e. The predicted molar refractivity (Wildman–Crippen MR) is 69.6 cm³/mol. The van der Waals surface area contributed by atoms with Gasteiger partial charge in [0, 0.05) is 17.1 Å². The van der Waals surface area contributed by atoms with Crippen LogP contribution in [-0.4, -0.2) is 11.5 Å². The van der Waals surface area contributed by atoms with Crippen LogP contribution in [0.3, 0.4) is 0 Å². The summed E-state index contributed by atoms with van der Waals surface area (Å²) in [6, 6.07) is 11.8. The van der Waals surface area contributed by atoms with Gasteiger partial charge in [-0.2, -0.15) is 0 Å². The Balaban J connectivity index is 1.80. The molecule has 0 saturated carbocycles. The van der Waals surface area contributed by atoms with Gasteiger partial charge in [-0.1, -0.05) is 17.7 Å². The van der Waals surface area contributed by atoms with Gasteiger partial charge < -0.3 is 4.42 Å². The number of carbonyl (C=O) groups is 1. The fourth-order valence-corrected chi connectivity index (χ4v) is 2.31. The van der Waals surface area contributed by atoms with E-state index in [1.165, 1.54) is 16.7 Å². The number of thioether (sulfide) groups is 1. The van der Waals surface area contributed by atoms with Gasteiger partial charge in [0.15, 0.2) is 11.5 Å². The Labute approximate surface area is 105 Å². The van der Waals surface area contributed by atoms with E-state index in [-0.39, 0.29) is 5.78 Å². The number of aryl methyl sites for hydroxylation is 1. The first-order chi connectivity index (χ1) is 8.25. The normalized spacial score (nSPS) is 10.4. The van der Waals surface area contributed by atoms with Crippen LogP contribution in [0.2, 0.25) is 0 Å². The Hall–Kier alpha value is -1.48. The van der Waals surface area contributed by atoms with Crippen molar-refractivity contribution in [1.82, 2.24) is 0 Å². The minimum absolute atomic E-state index is 0.0645. The maximum atomic E-state index is 11.6. The highest BCUT2D eigenvalue weighted by Crippen LogP contribution is 2.19. The lowest BCUT2D eigenvalue weighted by molar-refractivity contribution is 0.0963. The Morgan fingerprint density at radius 1 is 1.24 bits per heavy atom. The Morgan fingerprint density at radius 3 is 2.65 bits per heavy atom. The summed E-state index contributed by atoms with van der Waals surface area (Å²) in [6.07, 6.45) is 2.03. The van der Waals surface area contributed by atoms with E-state index in [0.29, 0.717) is 12.2 Å². The average Bonchev–Trinajstić information content (AvgIpc) is 2.85. The minimum Gasteiger partial charge on any atom is -0.461 e. The summed E-state index contributed by atoms with van der Waals surface area (Å²) in [6.45, 7) is 2.06. The van der Waals surface area contributed by atoms with Gasteiger partial charge in [-0.15, -0.1) is 11.8 Å². The number of Topliss-reactive ketones (excluding diaryl/α,β-unsaturated/α-hetero) is 1. The molecule has 1 heterocycles. The van der Waals surface area contributed by atoms with Crippen molar-refractivity contribution in [2.24, 2.45) is 0 Å². The third kappa shape index (κ3) is 3.49. The molecule has 0 fully saturated rings. The molecule has 0 aliphatic rings. The molecule has 0 amide bonds. The molecule has 0 aliphatic heterocycles. The zero-order valence-corrected chi connectivity index (χ0v) is 10.5. The third-order valence-corrected chi connectivity index (χ3v) is 3.43. The van der Waals surface area contributed by atoms with E-state index in [1.54, 1.807) is 23.9 Å². The van der Waals surface area contributed by atoms with Gasteiger partial charge >= 0.3 is 0 Å². The molecule has 17 heavy (non-hydrogen) atoms. The van der Waals surface area contributed by atoms with Crippen molar-refractivity contribution >= 4 is 17.5 Å². The lowest BCUT2D eigenvalue weighted by atomic mass is 10.2. The van der Waals surface area contributed by atoms with E-state index in [2.05, 4.69) is 31.2 Å². The molecule has 2 rings (SSSR count). The second-order valence-corrected chi connectivity index (χ2v) is 4.98. The summed E-state index contributed by atoms with van der Waals surface area (Å²) in [5.41, 5.74) is 1.25. The fraction of sp³-hybridized carbons (Fsp3) is 0.214. The second kappa shape index (κ2) is 5.73. The lowest BCUT2D eigenvalue weighted by Gasteiger charge is -2.01. The smallest absolute Gasteiger partial charge is 0.198 e. The zero-order chi connectivity index (χ0) is 12.1. The Bertz CT molecular complexity index is 471. The van der Waals surface area contributed by atoms with Crippen molar-refractivity contribution in [3.8, 4) is 0 Å². The molecule has 2 aromatic rings. The number of hydrogen-bond acceptors (Lipinski definition) is 3. The highest BCUT2D eigenvalue weighted by Gasteiger charge is 2.08. The van der Waals surface area contributed by atoms with Crippen molar-refractivity contribution in [3.63, 3.8) is 0 Å². The molecular formula is C14H14O2S. The number of ketones is 1. The van der Waals surface area contributed by atoms with E-state index in [4.69, 9.17) is 4.42 Å². The Kier molecular flexibility index (Phi) is 4.04. The van der Waals surface area contributed by atoms with E-state index in [0.717, 1.165) is 5.75 Å². The highest BCUT2D eigenvalue weighted by atomic mass is 32.2. The molecule has 0 unspecified atom stereocenters. The van der Waals surface area contributed by atoms with Crippen molar-refractivity contribution in [3.05, 3.63) is 54.0 Å². The van der Waals surface area contributed by atoms with Gasteiger partial charge in [-0.3, -0.25) is 4.79 Å². The molecule has 0 aliphatic carbocycles. The van der Waals surface area contributed by atoms with E-state index in [1.807, 2.05) is 0 Å². The summed E-state index contributed by atoms with van der Waals surface area (Å²) in [7, 11) is 0. The number of furan rings is 1. The number of benzene rings is 1. The minimum atomic E-state index is 0.0645. The summed E-state index contributed by atoms with van der Waals surface area (Å²) in [5.74, 6) is 1.30. The number of rotatable bonds is 5. The maximum absolute atomic E-state index is 11.6. The first-order valence-corrected chi connectivity index (χ1v) is 6.50. The topological polar surface area (TPSA) is 30.2 Å². The van der Waals surface area contributed by atoms with E-state index < -0.39 is 0 Å². The SMILES string of the molecule is Cc1ccc(SCCC(=O)c2ccco2)cc1. The Morgan fingerprint density at radius 2 is 2.00 bits per heavy atom. The average molecular weight is 246 g/mol. The standard InChI is InChI=1S/C14H14O2S/c1-11-4-6-12(7-5-11)17-10-8-13(15)14-3-2-9-16-14/h2-7,9H,8,10H2,1H3. The van der Waals surface area contributed by atoms with Gasteiger partial charge in [0.05, 0.1) is 6.26 Å². The molecule has 2 nitrogen and oxygen atoms in total. The molecule has 3 heteroatoms. The van der Waals surface area contributed by atoms with Crippen LogP contribution in [-0.2, 0) is 0 Å². The fourth-order valence-electron chi connectivity index (χ4n) is 1.46. The van der Waals surface area contributed by atoms with Crippen LogP contribution in [0.4, 0.5) is 0 Å². The molecule has 88 valence electrons. The zero-order valence-electron chi connectivity index (χ0n) is 9.68. The van der Waals surface area contributed by atoms with Gasteiger partial charge in [0.2, 0.25) is 0 Å². The summed E-state index contributed by atoms with van der Waals surface area (Å²) < 4.78 is 5.05. The first kappa shape index (κ1) is 12.0. The van der Waals surface area contributed by atoms with Crippen LogP contribution < -0.4 is 0 Å². The molecule has 1 aromatic heterocycles. The summed E-state index contributed by atoms with van der Waals surface area (Å²) >= 11 is 1.69. The van der Waals surface area contributed by atoms with E-state index >= 15 is 0 Å². The van der Waals surface area contributed by atoms with Gasteiger partial charge in [-0.25, -0.2) is 0 Å². The van der Waals surface area contributed by atoms with Gasteiger partial charge in [0.25, 0.3) is 0 Å². The molecule has 1 aromatic carbocycles. The van der Waals surface area contributed by atoms with Crippen molar-refractivity contribution in [2.45, 2.75) is 18.2 Å². The summed E-state index contributed by atoms with van der Waals surface area (Å²) in [5, 5.41) is 0. The van der Waals surface area contributed by atoms with Crippen molar-refractivity contribution in [1.29, 1.82) is 0 Å². The molecule has 0 spiro atoms. The molecular weight excluding hydrogens is 232 g/mol. The quantitative estimate of drug-likeness (QED) is 0.591. The van der Waals surface area contributed by atoms with E-state index in [9.17, 15) is 4.79 Å². The molecule has 0 atom stereocenters. The highest BCUT2D eigenvalue weighted by molar-refractivity contribution is 7.99. The monoisotopic (exact) mass is 246 g/mol. The van der Waals surface area contributed by atoms with Crippen molar-refractivity contribution in [2.75, 3.05) is 5.75 Å². The number of hydrogen-bond donors (Lipinski definition) is 0.